The van der Waals surface area contributed by atoms with E-state index in [-0.39, 0.29) is 17.5 Å². The number of amides is 2. The van der Waals surface area contributed by atoms with E-state index < -0.39 is 27.7 Å². The van der Waals surface area contributed by atoms with Crippen LogP contribution in [0.5, 0.6) is 0 Å². The topological polar surface area (TPSA) is 95.6 Å². The van der Waals surface area contributed by atoms with Crippen molar-refractivity contribution in [3.05, 3.63) is 59.4 Å². The van der Waals surface area contributed by atoms with Crippen LogP contribution < -0.4 is 10.6 Å². The van der Waals surface area contributed by atoms with E-state index in [0.29, 0.717) is 30.1 Å². The number of nitrogens with one attached hydrogen (secondary N) is 2. The molecule has 2 aromatic rings. The second-order valence-electron chi connectivity index (χ2n) is 7.20. The van der Waals surface area contributed by atoms with Crippen molar-refractivity contribution in [2.24, 2.45) is 0 Å². The number of halogens is 2. The van der Waals surface area contributed by atoms with Gasteiger partial charge in [0.2, 0.25) is 10.0 Å². The number of nitrogens with zero attached hydrogens (tertiary/aromatic N) is 1. The highest BCUT2D eigenvalue weighted by Crippen LogP contribution is 2.27. The Balaban J connectivity index is 1.58. The summed E-state index contributed by atoms with van der Waals surface area (Å²) in [5.74, 6) is -2.19. The molecule has 166 valence electrons. The van der Waals surface area contributed by atoms with Gasteiger partial charge in [0.15, 0.2) is 0 Å². The number of hydrogen-bond acceptors (Lipinski definition) is 4. The van der Waals surface area contributed by atoms with E-state index in [4.69, 9.17) is 11.6 Å². The van der Waals surface area contributed by atoms with Crippen molar-refractivity contribution in [1.29, 1.82) is 0 Å². The maximum absolute atomic E-state index is 13.2. The number of piperidine rings is 1. The van der Waals surface area contributed by atoms with Gasteiger partial charge >= 0.3 is 11.8 Å². The van der Waals surface area contributed by atoms with Crippen LogP contribution in [0.3, 0.4) is 0 Å². The highest BCUT2D eigenvalue weighted by Gasteiger charge is 2.33. The minimum atomic E-state index is -3.78. The minimum Gasteiger partial charge on any atom is -0.348 e. The maximum atomic E-state index is 13.2. The monoisotopic (exact) mass is 467 g/mol. The summed E-state index contributed by atoms with van der Waals surface area (Å²) in [5.41, 5.74) is 0.327. The van der Waals surface area contributed by atoms with Gasteiger partial charge in [0, 0.05) is 19.1 Å². The molecular weight excluding hydrogens is 445 g/mol. The summed E-state index contributed by atoms with van der Waals surface area (Å²) in [6.45, 7) is 0.486. The summed E-state index contributed by atoms with van der Waals surface area (Å²) < 4.78 is 40.6. The molecule has 7 nitrogen and oxygen atoms in total. The van der Waals surface area contributed by atoms with Crippen LogP contribution >= 0.6 is 11.6 Å². The van der Waals surface area contributed by atoms with Gasteiger partial charge < -0.3 is 10.6 Å². The third kappa shape index (κ3) is 5.81. The second kappa shape index (κ2) is 10.2. The lowest BCUT2D eigenvalue weighted by molar-refractivity contribution is -0.136. The normalized spacial score (nSPS) is 17.2. The molecule has 10 heteroatoms. The van der Waals surface area contributed by atoms with Gasteiger partial charge in [0.1, 0.15) is 5.82 Å². The van der Waals surface area contributed by atoms with Gasteiger partial charge in [-0.05, 0) is 55.7 Å². The third-order valence-corrected chi connectivity index (χ3v) is 7.38. The molecule has 1 atom stereocenters. The fourth-order valence-electron chi connectivity index (χ4n) is 3.50. The highest BCUT2D eigenvalue weighted by atomic mass is 35.5. The maximum Gasteiger partial charge on any atom is 0.313 e. The molecule has 0 aromatic heterocycles. The predicted molar refractivity (Wildman–Crippen MR) is 116 cm³/mol. The van der Waals surface area contributed by atoms with Crippen LogP contribution in [0.1, 0.15) is 25.7 Å². The molecule has 1 fully saturated rings. The summed E-state index contributed by atoms with van der Waals surface area (Å²) in [6, 6.07) is 11.0. The molecule has 1 saturated heterocycles. The van der Waals surface area contributed by atoms with Gasteiger partial charge in [-0.3, -0.25) is 9.59 Å². The zero-order valence-corrected chi connectivity index (χ0v) is 18.3. The Morgan fingerprint density at radius 2 is 1.77 bits per heavy atom. The van der Waals surface area contributed by atoms with E-state index >= 15 is 0 Å². The standard InChI is InChI=1S/C21H23ClFN3O4S/c22-18-6-1-2-7-19(18)25-21(28)20(27)24-13-12-16-5-3-4-14-26(16)31(29,30)17-10-8-15(23)9-11-17/h1-2,6-11,16H,3-5,12-14H2,(H,24,27)(H,25,28)/t16-/m0/s1. The van der Waals surface area contributed by atoms with Crippen molar-refractivity contribution < 1.29 is 22.4 Å². The number of para-hydroxylation sites is 1. The Morgan fingerprint density at radius 3 is 2.48 bits per heavy atom. The summed E-state index contributed by atoms with van der Waals surface area (Å²) in [4.78, 5) is 24.2. The Kier molecular flexibility index (Phi) is 7.64. The quantitative estimate of drug-likeness (QED) is 0.638. The number of carbonyl (C=O) groups is 2. The predicted octanol–water partition coefficient (Wildman–Crippen LogP) is 3.17. The van der Waals surface area contributed by atoms with Crippen molar-refractivity contribution in [1.82, 2.24) is 9.62 Å². The van der Waals surface area contributed by atoms with Crippen LogP contribution in [-0.4, -0.2) is 43.7 Å². The molecule has 1 aliphatic rings. The molecule has 31 heavy (non-hydrogen) atoms. The first-order valence-electron chi connectivity index (χ1n) is 9.90. The number of benzene rings is 2. The van der Waals surface area contributed by atoms with Gasteiger partial charge in [0.25, 0.3) is 0 Å². The van der Waals surface area contributed by atoms with E-state index in [1.165, 1.54) is 16.4 Å². The number of anilines is 1. The average molecular weight is 468 g/mol. The first kappa shape index (κ1) is 23.2. The first-order chi connectivity index (χ1) is 14.8. The molecule has 2 amide bonds. The van der Waals surface area contributed by atoms with Crippen molar-refractivity contribution in [2.75, 3.05) is 18.4 Å². The fraction of sp³-hybridized carbons (Fsp3) is 0.333. The molecule has 2 N–H and O–H groups in total. The van der Waals surface area contributed by atoms with Crippen molar-refractivity contribution >= 4 is 39.1 Å². The van der Waals surface area contributed by atoms with E-state index in [1.807, 2.05) is 0 Å². The molecule has 0 spiro atoms. The SMILES string of the molecule is O=C(NCC[C@@H]1CCCCN1S(=O)(=O)c1ccc(F)cc1)C(=O)Nc1ccccc1Cl. The summed E-state index contributed by atoms with van der Waals surface area (Å²) in [7, 11) is -3.78. The van der Waals surface area contributed by atoms with Crippen LogP contribution in [0.15, 0.2) is 53.4 Å². The molecule has 3 rings (SSSR count). The molecule has 1 aliphatic heterocycles. The Labute approximate surface area is 185 Å². The van der Waals surface area contributed by atoms with Crippen LogP contribution in [-0.2, 0) is 19.6 Å². The smallest absolute Gasteiger partial charge is 0.313 e. The first-order valence-corrected chi connectivity index (χ1v) is 11.7. The lowest BCUT2D eigenvalue weighted by Gasteiger charge is -2.34. The van der Waals surface area contributed by atoms with Crippen LogP contribution in [0.2, 0.25) is 5.02 Å². The third-order valence-electron chi connectivity index (χ3n) is 5.08. The molecule has 0 saturated carbocycles. The van der Waals surface area contributed by atoms with E-state index in [1.54, 1.807) is 24.3 Å². The summed E-state index contributed by atoms with van der Waals surface area (Å²) >= 11 is 5.97. The van der Waals surface area contributed by atoms with Gasteiger partial charge in [-0.1, -0.05) is 30.2 Å². The summed E-state index contributed by atoms with van der Waals surface area (Å²) in [6.07, 6.45) is 2.58. The fourth-order valence-corrected chi connectivity index (χ4v) is 5.40. The number of rotatable bonds is 6. The molecule has 0 unspecified atom stereocenters. The molecule has 2 aromatic carbocycles. The van der Waals surface area contributed by atoms with E-state index in [0.717, 1.165) is 25.0 Å². The Hall–Kier alpha value is -2.49. The zero-order valence-electron chi connectivity index (χ0n) is 16.7. The Bertz CT molecular complexity index is 1050. The van der Waals surface area contributed by atoms with E-state index in [2.05, 4.69) is 10.6 Å². The average Bonchev–Trinajstić information content (AvgIpc) is 2.76. The van der Waals surface area contributed by atoms with Crippen LogP contribution in [0.4, 0.5) is 10.1 Å². The van der Waals surface area contributed by atoms with Gasteiger partial charge in [-0.15, -0.1) is 0 Å². The lowest BCUT2D eigenvalue weighted by atomic mass is 10.0. The number of carbonyl (C=O) groups excluding carboxylic acids is 2. The van der Waals surface area contributed by atoms with Gasteiger partial charge in [0.05, 0.1) is 15.6 Å². The molecule has 0 bridgehead atoms. The molecule has 0 radical (unpaired) electrons. The van der Waals surface area contributed by atoms with Crippen LogP contribution in [0, 0.1) is 5.82 Å². The van der Waals surface area contributed by atoms with Crippen molar-refractivity contribution in [3.63, 3.8) is 0 Å². The van der Waals surface area contributed by atoms with Crippen molar-refractivity contribution in [3.8, 4) is 0 Å². The molecular formula is C21H23ClFN3O4S. The Morgan fingerprint density at radius 1 is 1.06 bits per heavy atom. The number of sulfonamides is 1. The van der Waals surface area contributed by atoms with Gasteiger partial charge in [-0.25, -0.2) is 12.8 Å². The van der Waals surface area contributed by atoms with E-state index in [9.17, 15) is 22.4 Å². The lowest BCUT2D eigenvalue weighted by Crippen LogP contribution is -2.45. The molecule has 1 heterocycles. The van der Waals surface area contributed by atoms with Crippen molar-refractivity contribution in [2.45, 2.75) is 36.6 Å². The second-order valence-corrected chi connectivity index (χ2v) is 9.50. The van der Waals surface area contributed by atoms with Crippen LogP contribution in [0.25, 0.3) is 0 Å². The largest absolute Gasteiger partial charge is 0.348 e. The molecule has 0 aliphatic carbocycles. The highest BCUT2D eigenvalue weighted by molar-refractivity contribution is 7.89. The zero-order chi connectivity index (χ0) is 22.4. The number of hydrogen-bond donors (Lipinski definition) is 2. The minimum absolute atomic E-state index is 0.0314. The summed E-state index contributed by atoms with van der Waals surface area (Å²) in [5, 5.41) is 5.27. The van der Waals surface area contributed by atoms with Gasteiger partial charge in [-0.2, -0.15) is 4.31 Å².